The SMILES string of the molecule is [2H]C([2H])([2H])c1cc(-c2c(C([2H])(C)C)cccc2C([2H])(C)C)ccc1-n1c(-c2cc(C(C)(C)C)cc(C(C)(C)C)c2O)nc2c(-c3cc(-c4cc(-c5ccc(C(C([2H])([2H])[2H])(C([2H])([2H])[2H])C([2H])([2H])[2H])cc5)ccn4)cc(C(C)(C)C)c3)cccc21. The van der Waals surface area contributed by atoms with Crippen molar-refractivity contribution in [2.75, 3.05) is 0 Å². The number of imidazole rings is 1. The van der Waals surface area contributed by atoms with Crippen LogP contribution in [0.1, 0.15) is 180 Å². The number of aromatic hydroxyl groups is 1. The molecule has 0 aliphatic rings. The fraction of sp³-hybridized carbons (Fsp3) is 0.354. The summed E-state index contributed by atoms with van der Waals surface area (Å²) in [4.78, 5) is 10.3. The van der Waals surface area contributed by atoms with Crippen LogP contribution in [-0.4, -0.2) is 19.6 Å². The van der Waals surface area contributed by atoms with Gasteiger partial charge in [0.15, 0.2) is 0 Å². The molecule has 1 N–H and O–H groups in total. The molecule has 8 aromatic rings. The van der Waals surface area contributed by atoms with E-state index in [0.717, 1.165) is 22.3 Å². The summed E-state index contributed by atoms with van der Waals surface area (Å²) in [6.45, 7) is 12.9. The average Bonchev–Trinajstić information content (AvgIpc) is 1.57. The van der Waals surface area contributed by atoms with Gasteiger partial charge in [-0.25, -0.2) is 4.98 Å². The summed E-state index contributed by atoms with van der Waals surface area (Å²) in [5.41, 5.74) is 5.95. The number of phenols is 1. The van der Waals surface area contributed by atoms with E-state index in [4.69, 9.17) is 22.3 Å². The minimum atomic E-state index is -3.41. The lowest BCUT2D eigenvalue weighted by Gasteiger charge is -2.27. The number of nitrogens with zero attached hydrogens (tertiary/aromatic N) is 3. The molecular weight excluding hydrogens is 839 g/mol. The molecule has 0 spiro atoms. The largest absolute Gasteiger partial charge is 0.507 e. The van der Waals surface area contributed by atoms with Crippen LogP contribution in [0.25, 0.3) is 72.7 Å². The van der Waals surface area contributed by atoms with Crippen LogP contribution in [0.3, 0.4) is 0 Å². The second-order valence-corrected chi connectivity index (χ2v) is 22.1. The van der Waals surface area contributed by atoms with Crippen LogP contribution < -0.4 is 0 Å². The van der Waals surface area contributed by atoms with Crippen LogP contribution in [0.5, 0.6) is 5.75 Å². The van der Waals surface area contributed by atoms with E-state index in [0.29, 0.717) is 78.3 Å². The van der Waals surface area contributed by atoms with Gasteiger partial charge >= 0.3 is 0 Å². The van der Waals surface area contributed by atoms with Crippen LogP contribution in [-0.2, 0) is 21.7 Å². The number of rotatable bonds is 8. The summed E-state index contributed by atoms with van der Waals surface area (Å²) in [5.74, 6) is -1.90. The maximum Gasteiger partial charge on any atom is 0.149 e. The van der Waals surface area contributed by atoms with Gasteiger partial charge in [-0.05, 0) is 150 Å². The van der Waals surface area contributed by atoms with Gasteiger partial charge in [0.05, 0.1) is 28.0 Å². The van der Waals surface area contributed by atoms with Gasteiger partial charge in [-0.2, -0.15) is 0 Å². The van der Waals surface area contributed by atoms with Crippen LogP contribution in [0, 0.1) is 6.85 Å². The number of benzene rings is 6. The number of hydrogen-bond donors (Lipinski definition) is 1. The molecule has 356 valence electrons. The molecule has 4 nitrogen and oxygen atoms in total. The first-order valence-corrected chi connectivity index (χ1v) is 23.7. The molecule has 0 aliphatic heterocycles. The zero-order valence-electron chi connectivity index (χ0n) is 56.4. The molecule has 0 saturated heterocycles. The molecule has 0 atom stereocenters. The molecule has 69 heavy (non-hydrogen) atoms. The first kappa shape index (κ1) is 34.1. The van der Waals surface area contributed by atoms with Crippen molar-refractivity contribution >= 4 is 11.0 Å². The number of aromatic nitrogens is 3. The Hall–Kier alpha value is -6.26. The van der Waals surface area contributed by atoms with E-state index in [-0.39, 0.29) is 22.3 Å². The van der Waals surface area contributed by atoms with Crippen LogP contribution in [0.4, 0.5) is 0 Å². The Morgan fingerprint density at radius 1 is 0.551 bits per heavy atom. The van der Waals surface area contributed by atoms with Gasteiger partial charge in [0, 0.05) is 42.1 Å². The first-order chi connectivity index (χ1) is 37.8. The lowest BCUT2D eigenvalue weighted by Crippen LogP contribution is -2.17. The van der Waals surface area contributed by atoms with Gasteiger partial charge in [0.1, 0.15) is 11.6 Å². The maximum atomic E-state index is 12.7. The molecule has 0 aliphatic carbocycles. The van der Waals surface area contributed by atoms with Gasteiger partial charge in [-0.15, -0.1) is 0 Å². The Kier molecular flexibility index (Phi) is 8.86. The van der Waals surface area contributed by atoms with Crippen LogP contribution in [0.15, 0.2) is 128 Å². The van der Waals surface area contributed by atoms with Gasteiger partial charge in [0.2, 0.25) is 0 Å². The van der Waals surface area contributed by atoms with E-state index in [1.54, 1.807) is 52.1 Å². The van der Waals surface area contributed by atoms with Crippen molar-refractivity contribution in [3.05, 3.63) is 166 Å². The number of hydrogen-bond acceptors (Lipinski definition) is 3. The van der Waals surface area contributed by atoms with Gasteiger partial charge < -0.3 is 5.11 Å². The Morgan fingerprint density at radius 3 is 1.78 bits per heavy atom. The molecule has 2 aromatic heterocycles. The number of para-hydroxylation sites is 1. The second kappa shape index (κ2) is 17.9. The van der Waals surface area contributed by atoms with Gasteiger partial charge in [-0.1, -0.05) is 183 Å². The lowest BCUT2D eigenvalue weighted by atomic mass is 9.79. The average molecular weight is 928 g/mol. The summed E-state index contributed by atoms with van der Waals surface area (Å²) in [5, 5.41) is 12.7. The molecule has 0 radical (unpaired) electrons. The molecule has 0 bridgehead atoms. The van der Waals surface area contributed by atoms with E-state index >= 15 is 0 Å². The van der Waals surface area contributed by atoms with Crippen LogP contribution in [0.2, 0.25) is 0 Å². The van der Waals surface area contributed by atoms with E-state index < -0.39 is 55.4 Å². The molecule has 0 unspecified atom stereocenters. The highest BCUT2D eigenvalue weighted by molar-refractivity contribution is 5.97. The Bertz CT molecular complexity index is 3700. The van der Waals surface area contributed by atoms with Crippen molar-refractivity contribution < 1.29 is 24.3 Å². The standard InChI is InChI=1S/C65H75N3O/c1-39(2)50-20-18-21-51(40(3)4)58(50)44-26-29-56(41(5)32-44)68-57-23-19-22-52(59(57)67-61(68)53-37-49(64(12,13)14)38-54(60(53)69)65(15,16)17)45-33-46(35-48(34-45)63(9,10)11)55-36-43(30-31-66-55)42-24-27-47(28-25-42)62(6,7)8/h18-40,69H,1-17H3/i5D3,6D3,7D3,8D3,39D,40D. The van der Waals surface area contributed by atoms with Gasteiger partial charge in [-0.3, -0.25) is 9.55 Å². The molecule has 0 amide bonds. The molecule has 0 fully saturated rings. The second-order valence-electron chi connectivity index (χ2n) is 22.1. The monoisotopic (exact) mass is 928 g/mol. The van der Waals surface area contributed by atoms with Crippen LogP contribution >= 0.6 is 0 Å². The summed E-state index contributed by atoms with van der Waals surface area (Å²) in [6.07, 6.45) is 1.63. The lowest BCUT2D eigenvalue weighted by molar-refractivity contribution is 0.446. The summed E-state index contributed by atoms with van der Waals surface area (Å²) >= 11 is 0. The highest BCUT2D eigenvalue weighted by atomic mass is 16.3. The van der Waals surface area contributed by atoms with Crippen molar-refractivity contribution in [3.8, 4) is 67.5 Å². The summed E-state index contributed by atoms with van der Waals surface area (Å²) in [7, 11) is 0. The van der Waals surface area contributed by atoms with Crippen molar-refractivity contribution in [1.82, 2.24) is 14.5 Å². The fourth-order valence-corrected chi connectivity index (χ4v) is 9.19. The molecule has 8 rings (SSSR count). The number of phenolic OH excluding ortho intramolecular Hbond substituents is 1. The minimum Gasteiger partial charge on any atom is -0.507 e. The molecule has 2 heterocycles. The third-order valence-electron chi connectivity index (χ3n) is 13.2. The third-order valence-corrected chi connectivity index (χ3v) is 13.2. The van der Waals surface area contributed by atoms with Crippen molar-refractivity contribution in [1.29, 1.82) is 0 Å². The molecular formula is C65H75N3O. The zero-order valence-corrected chi connectivity index (χ0v) is 42.4. The first-order valence-electron chi connectivity index (χ1n) is 30.7. The normalized spacial score (nSPS) is 16.8. The number of pyridine rings is 1. The predicted octanol–water partition coefficient (Wildman–Crippen LogP) is 18.2. The quantitative estimate of drug-likeness (QED) is 0.165. The van der Waals surface area contributed by atoms with E-state index in [9.17, 15) is 12.0 Å². The molecule has 0 saturated carbocycles. The summed E-state index contributed by atoms with van der Waals surface area (Å²) in [6, 6.07) is 35.9. The topological polar surface area (TPSA) is 50.9 Å². The highest BCUT2D eigenvalue weighted by Crippen LogP contribution is 2.46. The number of aryl methyl sites for hydroxylation is 1. The fourth-order valence-electron chi connectivity index (χ4n) is 9.19. The van der Waals surface area contributed by atoms with Crippen molar-refractivity contribution in [2.24, 2.45) is 0 Å². The molecule has 4 heteroatoms. The highest BCUT2D eigenvalue weighted by Gasteiger charge is 2.30. The maximum absolute atomic E-state index is 12.7. The smallest absolute Gasteiger partial charge is 0.149 e. The Labute approximate surface area is 433 Å². The summed E-state index contributed by atoms with van der Waals surface area (Å²) < 4.78 is 122. The Balaban J connectivity index is 1.41. The molecule has 6 aromatic carbocycles. The predicted molar refractivity (Wildman–Crippen MR) is 295 cm³/mol. The number of fused-ring (bicyclic) bond motifs is 1. The van der Waals surface area contributed by atoms with Crippen molar-refractivity contribution in [2.45, 2.75) is 151 Å². The zero-order chi connectivity index (χ0) is 62.0. The third kappa shape index (κ3) is 9.70. The Morgan fingerprint density at radius 2 is 1.17 bits per heavy atom. The van der Waals surface area contributed by atoms with E-state index in [1.807, 2.05) is 92.1 Å². The van der Waals surface area contributed by atoms with Gasteiger partial charge in [0.25, 0.3) is 0 Å². The van der Waals surface area contributed by atoms with E-state index in [2.05, 4.69) is 53.7 Å². The van der Waals surface area contributed by atoms with Crippen molar-refractivity contribution in [3.63, 3.8) is 0 Å². The van der Waals surface area contributed by atoms with E-state index in [1.165, 1.54) is 24.3 Å². The minimum absolute atomic E-state index is 0.00134.